The molecule has 0 heterocycles. The van der Waals surface area contributed by atoms with Crippen LogP contribution in [0.25, 0.3) is 0 Å². The van der Waals surface area contributed by atoms with Crippen molar-refractivity contribution >= 4 is 35.8 Å². The van der Waals surface area contributed by atoms with Crippen LogP contribution < -0.4 is 16.0 Å². The minimum Gasteiger partial charge on any atom is -0.355 e. The van der Waals surface area contributed by atoms with E-state index in [2.05, 4.69) is 46.1 Å². The molecule has 0 unspecified atom stereocenters. The van der Waals surface area contributed by atoms with E-state index in [9.17, 15) is 4.79 Å². The Bertz CT molecular complexity index is 731. The molecule has 0 radical (unpaired) electrons. The molecular weight excluding hydrogens is 427 g/mol. The Balaban J connectivity index is 0.00000312. The second kappa shape index (κ2) is 10.7. The van der Waals surface area contributed by atoms with Crippen LogP contribution in [0.15, 0.2) is 53.5 Å². The molecule has 0 spiro atoms. The molecule has 0 atom stereocenters. The second-order valence-electron chi connectivity index (χ2n) is 5.55. The van der Waals surface area contributed by atoms with Crippen molar-refractivity contribution in [2.75, 3.05) is 14.1 Å². The first-order valence-corrected chi connectivity index (χ1v) is 7.93. The Morgan fingerprint density at radius 2 is 1.60 bits per heavy atom. The molecule has 5 nitrogen and oxygen atoms in total. The predicted molar refractivity (Wildman–Crippen MR) is 113 cm³/mol. The average Bonchev–Trinajstić information content (AvgIpc) is 2.61. The molecular formula is C19H25IN4O. The Labute approximate surface area is 166 Å². The van der Waals surface area contributed by atoms with Crippen molar-refractivity contribution in [2.24, 2.45) is 4.99 Å². The van der Waals surface area contributed by atoms with E-state index in [1.54, 1.807) is 20.2 Å². The Morgan fingerprint density at radius 1 is 1.00 bits per heavy atom. The van der Waals surface area contributed by atoms with Gasteiger partial charge < -0.3 is 16.0 Å². The summed E-state index contributed by atoms with van der Waals surface area (Å²) in [4.78, 5) is 15.9. The summed E-state index contributed by atoms with van der Waals surface area (Å²) in [5, 5.41) is 9.19. The highest BCUT2D eigenvalue weighted by Gasteiger charge is 2.04. The van der Waals surface area contributed by atoms with E-state index >= 15 is 0 Å². The maximum atomic E-state index is 11.7. The van der Waals surface area contributed by atoms with Crippen LogP contribution in [-0.4, -0.2) is 26.0 Å². The lowest BCUT2D eigenvalue weighted by Crippen LogP contribution is -2.36. The molecule has 2 aromatic rings. The smallest absolute Gasteiger partial charge is 0.251 e. The summed E-state index contributed by atoms with van der Waals surface area (Å²) in [5.41, 5.74) is 4.12. The van der Waals surface area contributed by atoms with Crippen LogP contribution in [0, 0.1) is 6.92 Å². The Hall–Kier alpha value is -2.09. The number of hydrogen-bond donors (Lipinski definition) is 3. The molecule has 2 rings (SSSR count). The third kappa shape index (κ3) is 6.74. The number of benzene rings is 2. The van der Waals surface area contributed by atoms with Gasteiger partial charge in [-0.2, -0.15) is 0 Å². The van der Waals surface area contributed by atoms with Gasteiger partial charge in [-0.1, -0.05) is 42.0 Å². The van der Waals surface area contributed by atoms with Crippen LogP contribution in [0.5, 0.6) is 0 Å². The van der Waals surface area contributed by atoms with Gasteiger partial charge in [-0.05, 0) is 30.2 Å². The molecule has 1 amide bonds. The zero-order valence-corrected chi connectivity index (χ0v) is 17.1. The minimum absolute atomic E-state index is 0. The number of carbonyl (C=O) groups is 1. The number of aliphatic imine (C=N–C) groups is 1. The number of hydrogen-bond acceptors (Lipinski definition) is 2. The molecule has 6 heteroatoms. The minimum atomic E-state index is -0.0844. The fourth-order valence-electron chi connectivity index (χ4n) is 2.38. The molecule has 0 saturated carbocycles. The molecule has 0 aromatic heterocycles. The van der Waals surface area contributed by atoms with Crippen LogP contribution in [0.3, 0.4) is 0 Å². The van der Waals surface area contributed by atoms with Crippen molar-refractivity contribution in [1.29, 1.82) is 0 Å². The highest BCUT2D eigenvalue weighted by molar-refractivity contribution is 14.0. The van der Waals surface area contributed by atoms with Crippen molar-refractivity contribution in [3.8, 4) is 0 Å². The summed E-state index contributed by atoms with van der Waals surface area (Å²) in [6.07, 6.45) is 0. The van der Waals surface area contributed by atoms with E-state index in [4.69, 9.17) is 0 Å². The van der Waals surface area contributed by atoms with Crippen LogP contribution in [0.2, 0.25) is 0 Å². The number of carbonyl (C=O) groups excluding carboxylic acids is 1. The molecule has 0 fully saturated rings. The molecule has 25 heavy (non-hydrogen) atoms. The standard InChI is InChI=1S/C19H24N4O.HI/c1-14-6-4-7-15(10-14)12-22-19(21-3)23-13-16-8-5-9-17(11-16)18(24)20-2;/h4-11H,12-13H2,1-3H3,(H,20,24)(H2,21,22,23);1H. The first-order valence-electron chi connectivity index (χ1n) is 7.93. The van der Waals surface area contributed by atoms with Crippen LogP contribution in [0.4, 0.5) is 0 Å². The highest BCUT2D eigenvalue weighted by atomic mass is 127. The molecule has 0 bridgehead atoms. The lowest BCUT2D eigenvalue weighted by molar-refractivity contribution is 0.0963. The number of amides is 1. The van der Waals surface area contributed by atoms with Crippen LogP contribution in [-0.2, 0) is 13.1 Å². The summed E-state index contributed by atoms with van der Waals surface area (Å²) in [7, 11) is 3.37. The SMILES string of the molecule is CN=C(NCc1cccc(C)c1)NCc1cccc(C(=O)NC)c1.I. The number of nitrogens with one attached hydrogen (secondary N) is 3. The van der Waals surface area contributed by atoms with Gasteiger partial charge in [-0.25, -0.2) is 0 Å². The fourth-order valence-corrected chi connectivity index (χ4v) is 2.38. The topological polar surface area (TPSA) is 65.5 Å². The molecule has 134 valence electrons. The van der Waals surface area contributed by atoms with Crippen molar-refractivity contribution in [3.63, 3.8) is 0 Å². The maximum Gasteiger partial charge on any atom is 0.251 e. The largest absolute Gasteiger partial charge is 0.355 e. The van der Waals surface area contributed by atoms with Gasteiger partial charge in [0.05, 0.1) is 0 Å². The monoisotopic (exact) mass is 452 g/mol. The summed E-state index contributed by atoms with van der Waals surface area (Å²) in [5.74, 6) is 0.639. The summed E-state index contributed by atoms with van der Waals surface area (Å²) in [6, 6.07) is 15.9. The van der Waals surface area contributed by atoms with E-state index < -0.39 is 0 Å². The number of rotatable bonds is 5. The quantitative estimate of drug-likeness (QED) is 0.372. The van der Waals surface area contributed by atoms with Gasteiger partial charge in [0.15, 0.2) is 5.96 Å². The fraction of sp³-hybridized carbons (Fsp3) is 0.263. The van der Waals surface area contributed by atoms with Gasteiger partial charge in [0.25, 0.3) is 5.91 Å². The molecule has 0 aliphatic carbocycles. The number of aryl methyl sites for hydroxylation is 1. The zero-order chi connectivity index (χ0) is 17.4. The average molecular weight is 452 g/mol. The van der Waals surface area contributed by atoms with Crippen molar-refractivity contribution < 1.29 is 4.79 Å². The first kappa shape index (κ1) is 21.0. The first-order chi connectivity index (χ1) is 11.6. The molecule has 0 aliphatic rings. The third-order valence-electron chi connectivity index (χ3n) is 3.64. The maximum absolute atomic E-state index is 11.7. The van der Waals surface area contributed by atoms with Crippen LogP contribution in [0.1, 0.15) is 27.0 Å². The van der Waals surface area contributed by atoms with E-state index in [0.717, 1.165) is 11.5 Å². The Kier molecular flexibility index (Phi) is 8.98. The Morgan fingerprint density at radius 3 is 2.16 bits per heavy atom. The van der Waals surface area contributed by atoms with E-state index in [-0.39, 0.29) is 29.9 Å². The summed E-state index contributed by atoms with van der Waals surface area (Å²) >= 11 is 0. The van der Waals surface area contributed by atoms with Gasteiger partial charge in [0.2, 0.25) is 0 Å². The third-order valence-corrected chi connectivity index (χ3v) is 3.64. The zero-order valence-electron chi connectivity index (χ0n) is 14.8. The van der Waals surface area contributed by atoms with Crippen molar-refractivity contribution in [2.45, 2.75) is 20.0 Å². The van der Waals surface area contributed by atoms with Gasteiger partial charge in [-0.15, -0.1) is 24.0 Å². The number of guanidine groups is 1. The molecule has 3 N–H and O–H groups in total. The normalized spacial score (nSPS) is 10.6. The van der Waals surface area contributed by atoms with Gasteiger partial charge in [0.1, 0.15) is 0 Å². The summed E-state index contributed by atoms with van der Waals surface area (Å²) < 4.78 is 0. The highest BCUT2D eigenvalue weighted by Crippen LogP contribution is 2.05. The molecule has 0 saturated heterocycles. The number of halogens is 1. The second-order valence-corrected chi connectivity index (χ2v) is 5.55. The molecule has 0 aliphatic heterocycles. The summed E-state index contributed by atoms with van der Waals surface area (Å²) in [6.45, 7) is 3.38. The van der Waals surface area contributed by atoms with Gasteiger partial charge >= 0.3 is 0 Å². The van der Waals surface area contributed by atoms with E-state index in [0.29, 0.717) is 18.7 Å². The van der Waals surface area contributed by atoms with Crippen LogP contribution >= 0.6 is 24.0 Å². The lowest BCUT2D eigenvalue weighted by Gasteiger charge is -2.13. The van der Waals surface area contributed by atoms with Crippen molar-refractivity contribution in [3.05, 3.63) is 70.8 Å². The predicted octanol–water partition coefficient (Wildman–Crippen LogP) is 2.84. The lowest BCUT2D eigenvalue weighted by atomic mass is 10.1. The van der Waals surface area contributed by atoms with E-state index in [1.807, 2.05) is 24.3 Å². The van der Waals surface area contributed by atoms with Crippen molar-refractivity contribution in [1.82, 2.24) is 16.0 Å². The number of nitrogens with zero attached hydrogens (tertiary/aromatic N) is 1. The van der Waals surface area contributed by atoms with E-state index in [1.165, 1.54) is 11.1 Å². The van der Waals surface area contributed by atoms with Gasteiger partial charge in [0, 0.05) is 32.7 Å². The molecule has 2 aromatic carbocycles. The van der Waals surface area contributed by atoms with Gasteiger partial charge in [-0.3, -0.25) is 9.79 Å².